The number of aromatic nitrogens is 3. The first kappa shape index (κ1) is 13.0. The number of nitrogens with zero attached hydrogens (tertiary/aromatic N) is 3. The van der Waals surface area contributed by atoms with Crippen molar-refractivity contribution in [1.82, 2.24) is 14.5 Å². The fourth-order valence-corrected chi connectivity index (χ4v) is 2.73. The van der Waals surface area contributed by atoms with Gasteiger partial charge in [0.05, 0.1) is 5.39 Å². The van der Waals surface area contributed by atoms with Gasteiger partial charge in [0.2, 0.25) is 0 Å². The predicted molar refractivity (Wildman–Crippen MR) is 75.0 cm³/mol. The van der Waals surface area contributed by atoms with Gasteiger partial charge < -0.3 is 10.3 Å². The van der Waals surface area contributed by atoms with Gasteiger partial charge >= 0.3 is 0 Å². The molecule has 2 aromatic heterocycles. The average molecular weight is 266 g/mol. The van der Waals surface area contributed by atoms with Crippen molar-refractivity contribution in [2.75, 3.05) is 17.7 Å². The number of hydrogen-bond donors (Lipinski definition) is 1. The van der Waals surface area contributed by atoms with Crippen LogP contribution in [0.2, 0.25) is 0 Å². The van der Waals surface area contributed by atoms with Crippen molar-refractivity contribution in [2.45, 2.75) is 26.8 Å². The Labute approximate surface area is 109 Å². The van der Waals surface area contributed by atoms with Crippen LogP contribution in [-0.4, -0.2) is 30.8 Å². The molecule has 0 amide bonds. The summed E-state index contributed by atoms with van der Waals surface area (Å²) in [5.41, 5.74) is 9.06. The minimum absolute atomic E-state index is 0.526. The third kappa shape index (κ3) is 2.25. The van der Waals surface area contributed by atoms with Gasteiger partial charge in [-0.15, -0.1) is 0 Å². The molecule has 1 unspecified atom stereocenters. The molecule has 0 saturated heterocycles. The molecular formula is C12H18N4OS. The van der Waals surface area contributed by atoms with E-state index in [1.807, 2.05) is 6.92 Å². The van der Waals surface area contributed by atoms with Gasteiger partial charge in [-0.05, 0) is 25.8 Å². The maximum atomic E-state index is 11.1. The van der Waals surface area contributed by atoms with E-state index in [0.29, 0.717) is 11.6 Å². The zero-order valence-electron chi connectivity index (χ0n) is 10.9. The fourth-order valence-electron chi connectivity index (χ4n) is 2.20. The lowest BCUT2D eigenvalue weighted by Gasteiger charge is -2.06. The van der Waals surface area contributed by atoms with Crippen molar-refractivity contribution < 1.29 is 4.21 Å². The van der Waals surface area contributed by atoms with E-state index in [2.05, 4.69) is 21.5 Å². The summed E-state index contributed by atoms with van der Waals surface area (Å²) in [6, 6.07) is 0. The van der Waals surface area contributed by atoms with Crippen LogP contribution in [0, 0.1) is 13.8 Å². The highest BCUT2D eigenvalue weighted by atomic mass is 32.2. The zero-order valence-corrected chi connectivity index (χ0v) is 11.8. The molecule has 18 heavy (non-hydrogen) atoms. The molecule has 6 heteroatoms. The maximum absolute atomic E-state index is 11.1. The largest absolute Gasteiger partial charge is 0.383 e. The van der Waals surface area contributed by atoms with E-state index in [-0.39, 0.29) is 0 Å². The van der Waals surface area contributed by atoms with E-state index in [1.54, 1.807) is 6.26 Å². The quantitative estimate of drug-likeness (QED) is 0.907. The van der Waals surface area contributed by atoms with E-state index in [4.69, 9.17) is 5.73 Å². The zero-order chi connectivity index (χ0) is 13.3. The first-order valence-electron chi connectivity index (χ1n) is 5.88. The number of aryl methyl sites for hydroxylation is 2. The second kappa shape index (κ2) is 5.06. The highest BCUT2D eigenvalue weighted by Crippen LogP contribution is 2.26. The standard InChI is InChI=1S/C12H18N4OS/c1-8-9(2)16(5-4-6-18(3)17)12-10(8)11(13)14-7-15-12/h7H,4-6H2,1-3H3,(H2,13,14,15). The third-order valence-corrected chi connectivity index (χ3v) is 4.11. The van der Waals surface area contributed by atoms with Gasteiger partial charge in [0.1, 0.15) is 17.8 Å². The Hall–Kier alpha value is -1.43. The molecule has 2 N–H and O–H groups in total. The van der Waals surface area contributed by atoms with Gasteiger partial charge in [-0.3, -0.25) is 4.21 Å². The lowest BCUT2D eigenvalue weighted by Crippen LogP contribution is -2.05. The Bertz CT molecular complexity index is 606. The van der Waals surface area contributed by atoms with Gasteiger partial charge in [0.15, 0.2) is 0 Å². The molecule has 98 valence electrons. The Morgan fingerprint density at radius 1 is 1.39 bits per heavy atom. The lowest BCUT2D eigenvalue weighted by molar-refractivity contribution is 0.660. The number of anilines is 1. The lowest BCUT2D eigenvalue weighted by atomic mass is 10.2. The van der Waals surface area contributed by atoms with Crippen LogP contribution in [0.25, 0.3) is 11.0 Å². The first-order chi connectivity index (χ1) is 8.52. The molecule has 0 aliphatic rings. The van der Waals surface area contributed by atoms with Crippen LogP contribution in [0.1, 0.15) is 17.7 Å². The van der Waals surface area contributed by atoms with Crippen LogP contribution >= 0.6 is 0 Å². The first-order valence-corrected chi connectivity index (χ1v) is 7.61. The molecule has 0 bridgehead atoms. The van der Waals surface area contributed by atoms with Crippen molar-refractivity contribution >= 4 is 27.7 Å². The molecule has 2 aromatic rings. The summed E-state index contributed by atoms with van der Waals surface area (Å²) in [5, 5.41) is 0.938. The molecule has 2 rings (SSSR count). The van der Waals surface area contributed by atoms with E-state index >= 15 is 0 Å². The second-order valence-corrected chi connectivity index (χ2v) is 6.01. The van der Waals surface area contributed by atoms with Crippen LogP contribution in [0.4, 0.5) is 5.82 Å². The number of rotatable bonds is 4. The molecule has 5 nitrogen and oxygen atoms in total. The normalized spacial score (nSPS) is 13.1. The molecule has 0 aliphatic carbocycles. The molecule has 0 fully saturated rings. The van der Waals surface area contributed by atoms with Gasteiger partial charge in [-0.1, -0.05) is 0 Å². The van der Waals surface area contributed by atoms with Crippen molar-refractivity contribution in [2.24, 2.45) is 0 Å². The topological polar surface area (TPSA) is 73.8 Å². The van der Waals surface area contributed by atoms with Crippen LogP contribution in [0.5, 0.6) is 0 Å². The van der Waals surface area contributed by atoms with E-state index in [0.717, 1.165) is 35.3 Å². The third-order valence-electron chi connectivity index (χ3n) is 3.25. The number of nitrogen functional groups attached to an aromatic ring is 1. The molecule has 0 aromatic carbocycles. The van der Waals surface area contributed by atoms with E-state index in [9.17, 15) is 4.21 Å². The number of hydrogen-bond acceptors (Lipinski definition) is 4. The van der Waals surface area contributed by atoms with Crippen molar-refractivity contribution in [3.8, 4) is 0 Å². The van der Waals surface area contributed by atoms with Gasteiger partial charge in [-0.25, -0.2) is 9.97 Å². The minimum atomic E-state index is -0.748. The molecule has 0 spiro atoms. The number of nitrogens with two attached hydrogens (primary N) is 1. The highest BCUT2D eigenvalue weighted by Gasteiger charge is 2.14. The second-order valence-electron chi connectivity index (χ2n) is 4.45. The molecule has 0 radical (unpaired) electrons. The van der Waals surface area contributed by atoms with Crippen molar-refractivity contribution in [3.63, 3.8) is 0 Å². The van der Waals surface area contributed by atoms with Gasteiger partial charge in [0, 0.05) is 35.0 Å². The smallest absolute Gasteiger partial charge is 0.145 e. The summed E-state index contributed by atoms with van der Waals surface area (Å²) < 4.78 is 13.2. The summed E-state index contributed by atoms with van der Waals surface area (Å²) in [7, 11) is -0.748. The predicted octanol–water partition coefficient (Wildman–Crippen LogP) is 1.40. The van der Waals surface area contributed by atoms with E-state index < -0.39 is 10.8 Å². The van der Waals surface area contributed by atoms with Crippen LogP contribution in [0.15, 0.2) is 6.33 Å². The SMILES string of the molecule is Cc1c(C)n(CCCS(C)=O)c2ncnc(N)c12. The summed E-state index contributed by atoms with van der Waals surface area (Å²) in [6.45, 7) is 4.90. The van der Waals surface area contributed by atoms with Gasteiger partial charge in [0.25, 0.3) is 0 Å². The Balaban J connectivity index is 2.41. The van der Waals surface area contributed by atoms with Gasteiger partial charge in [-0.2, -0.15) is 0 Å². The Kier molecular flexibility index (Phi) is 3.65. The summed E-state index contributed by atoms with van der Waals surface area (Å²) in [4.78, 5) is 8.35. The van der Waals surface area contributed by atoms with Crippen molar-refractivity contribution in [3.05, 3.63) is 17.6 Å². The molecule has 1 atom stereocenters. The fraction of sp³-hybridized carbons (Fsp3) is 0.500. The molecule has 0 aliphatic heterocycles. The van der Waals surface area contributed by atoms with Crippen LogP contribution in [-0.2, 0) is 17.3 Å². The summed E-state index contributed by atoms with van der Waals surface area (Å²) in [5.74, 6) is 1.23. The minimum Gasteiger partial charge on any atom is -0.383 e. The molecular weight excluding hydrogens is 248 g/mol. The monoisotopic (exact) mass is 266 g/mol. The highest BCUT2D eigenvalue weighted by molar-refractivity contribution is 7.84. The van der Waals surface area contributed by atoms with Crippen molar-refractivity contribution in [1.29, 1.82) is 0 Å². The molecule has 2 heterocycles. The van der Waals surface area contributed by atoms with Crippen LogP contribution in [0.3, 0.4) is 0 Å². The summed E-state index contributed by atoms with van der Waals surface area (Å²) in [6.07, 6.45) is 4.09. The maximum Gasteiger partial charge on any atom is 0.145 e. The number of fused-ring (bicyclic) bond motifs is 1. The Morgan fingerprint density at radius 3 is 2.78 bits per heavy atom. The molecule has 0 saturated carbocycles. The Morgan fingerprint density at radius 2 is 2.11 bits per heavy atom. The van der Waals surface area contributed by atoms with E-state index in [1.165, 1.54) is 6.33 Å². The summed E-state index contributed by atoms with van der Waals surface area (Å²) >= 11 is 0. The average Bonchev–Trinajstić information content (AvgIpc) is 2.55. The van der Waals surface area contributed by atoms with Crippen LogP contribution < -0.4 is 5.73 Å².